The van der Waals surface area contributed by atoms with Crippen molar-refractivity contribution in [3.8, 4) is 0 Å². The van der Waals surface area contributed by atoms with E-state index in [9.17, 15) is 9.59 Å². The van der Waals surface area contributed by atoms with Gasteiger partial charge >= 0.3 is 0 Å². The van der Waals surface area contributed by atoms with Crippen molar-refractivity contribution < 1.29 is 14.4 Å². The number of carbonyl (C=O) groups excluding carboxylic acids is 2. The molecule has 1 unspecified atom stereocenters. The van der Waals surface area contributed by atoms with Gasteiger partial charge in [0, 0.05) is 38.2 Å². The molecule has 0 N–H and O–H groups in total. The Morgan fingerprint density at radius 1 is 1.06 bits per heavy atom. The summed E-state index contributed by atoms with van der Waals surface area (Å²) >= 11 is 0. The van der Waals surface area contributed by atoms with Crippen LogP contribution in [0.15, 0.2) is 59.8 Å². The summed E-state index contributed by atoms with van der Waals surface area (Å²) in [4.78, 5) is 35.5. The zero-order chi connectivity index (χ0) is 24.8. The van der Waals surface area contributed by atoms with Crippen LogP contribution in [0.1, 0.15) is 67.9 Å². The van der Waals surface area contributed by atoms with Gasteiger partial charge in [0.05, 0.1) is 5.71 Å². The normalized spacial score (nSPS) is 20.3. The Labute approximate surface area is 208 Å². The van der Waals surface area contributed by atoms with Crippen LogP contribution >= 0.6 is 0 Å². The molecule has 2 heterocycles. The molecule has 0 aliphatic carbocycles. The first kappa shape index (κ1) is 25.0. The molecular formula is C29H37N3O3. The molecule has 186 valence electrons. The topological polar surface area (TPSA) is 62.2 Å². The molecule has 35 heavy (non-hydrogen) atoms. The van der Waals surface area contributed by atoms with Crippen molar-refractivity contribution in [3.05, 3.63) is 71.3 Å². The largest absolute Gasteiger partial charge is 0.379 e. The molecule has 0 aromatic heterocycles. The first-order valence-corrected chi connectivity index (χ1v) is 12.9. The third-order valence-electron chi connectivity index (χ3n) is 7.21. The van der Waals surface area contributed by atoms with Crippen LogP contribution in [-0.2, 0) is 16.1 Å². The minimum absolute atomic E-state index is 0.0249. The zero-order valence-corrected chi connectivity index (χ0v) is 21.2. The number of oxime groups is 1. The van der Waals surface area contributed by atoms with E-state index >= 15 is 0 Å². The third-order valence-corrected chi connectivity index (χ3v) is 7.21. The highest BCUT2D eigenvalue weighted by Crippen LogP contribution is 2.29. The van der Waals surface area contributed by atoms with Crippen LogP contribution in [0, 0.1) is 5.92 Å². The van der Waals surface area contributed by atoms with Crippen molar-refractivity contribution in [1.82, 2.24) is 9.80 Å². The van der Waals surface area contributed by atoms with E-state index in [2.05, 4.69) is 36.3 Å². The lowest BCUT2D eigenvalue weighted by Gasteiger charge is -2.32. The first-order valence-electron chi connectivity index (χ1n) is 12.9. The maximum atomic E-state index is 13.1. The number of likely N-dealkylation sites (N-methyl/N-ethyl adjacent to an activating group) is 1. The van der Waals surface area contributed by atoms with Gasteiger partial charge in [-0.05, 0) is 68.7 Å². The van der Waals surface area contributed by atoms with Gasteiger partial charge in [0.2, 0.25) is 5.60 Å². The van der Waals surface area contributed by atoms with Gasteiger partial charge in [-0.1, -0.05) is 54.5 Å². The predicted molar refractivity (Wildman–Crippen MR) is 138 cm³/mol. The fourth-order valence-electron chi connectivity index (χ4n) is 5.09. The SMILES string of the molecule is CCCN(CC)C(=O)C1(C)CC(c2ccc(C(=O)N3CCC(Cc4ccccc4)CC3)cc2)=NO1. The minimum Gasteiger partial charge on any atom is -0.379 e. The number of benzene rings is 2. The van der Waals surface area contributed by atoms with E-state index in [1.165, 1.54) is 5.56 Å². The van der Waals surface area contributed by atoms with Crippen LogP contribution in [0.25, 0.3) is 0 Å². The van der Waals surface area contributed by atoms with Crippen molar-refractivity contribution in [2.24, 2.45) is 11.1 Å². The highest BCUT2D eigenvalue weighted by molar-refractivity contribution is 6.06. The maximum absolute atomic E-state index is 13.1. The molecule has 0 saturated carbocycles. The van der Waals surface area contributed by atoms with E-state index in [0.29, 0.717) is 31.0 Å². The Morgan fingerprint density at radius 2 is 1.74 bits per heavy atom. The molecule has 2 amide bonds. The van der Waals surface area contributed by atoms with Gasteiger partial charge in [0.25, 0.3) is 11.8 Å². The van der Waals surface area contributed by atoms with Gasteiger partial charge in [-0.15, -0.1) is 0 Å². The summed E-state index contributed by atoms with van der Waals surface area (Å²) in [6, 6.07) is 18.1. The molecule has 6 nitrogen and oxygen atoms in total. The standard InChI is InChI=1S/C29H37N3O3/c1-4-17-31(5-2)28(34)29(3)21-26(30-35-29)24-11-13-25(14-12-24)27(33)32-18-15-23(16-19-32)20-22-9-7-6-8-10-22/h6-14,23H,4-5,15-21H2,1-3H3. The molecule has 2 aliphatic rings. The van der Waals surface area contributed by atoms with Crippen LogP contribution in [0.3, 0.4) is 0 Å². The second-order valence-electron chi connectivity index (χ2n) is 9.92. The van der Waals surface area contributed by atoms with Crippen LogP contribution in [-0.4, -0.2) is 59.1 Å². The monoisotopic (exact) mass is 475 g/mol. The lowest BCUT2D eigenvalue weighted by atomic mass is 9.90. The van der Waals surface area contributed by atoms with Gasteiger partial charge in [0.1, 0.15) is 0 Å². The average molecular weight is 476 g/mol. The van der Waals surface area contributed by atoms with Gasteiger partial charge < -0.3 is 14.6 Å². The van der Waals surface area contributed by atoms with Crippen LogP contribution in [0.2, 0.25) is 0 Å². The summed E-state index contributed by atoms with van der Waals surface area (Å²) in [7, 11) is 0. The van der Waals surface area contributed by atoms with Crippen LogP contribution < -0.4 is 0 Å². The fourth-order valence-corrected chi connectivity index (χ4v) is 5.09. The van der Waals surface area contributed by atoms with Crippen molar-refractivity contribution in [2.45, 2.75) is 58.5 Å². The van der Waals surface area contributed by atoms with Crippen molar-refractivity contribution >= 4 is 17.5 Å². The molecule has 2 aromatic carbocycles. The molecule has 6 heteroatoms. The highest BCUT2D eigenvalue weighted by atomic mass is 16.7. The smallest absolute Gasteiger partial charge is 0.269 e. The number of nitrogens with zero attached hydrogens (tertiary/aromatic N) is 3. The number of amides is 2. The van der Waals surface area contributed by atoms with Gasteiger partial charge in [-0.25, -0.2) is 0 Å². The van der Waals surface area contributed by atoms with E-state index < -0.39 is 5.60 Å². The number of piperidine rings is 1. The van der Waals surface area contributed by atoms with Crippen molar-refractivity contribution in [2.75, 3.05) is 26.2 Å². The van der Waals surface area contributed by atoms with Gasteiger partial charge in [0.15, 0.2) is 0 Å². The number of rotatable bonds is 8. The van der Waals surface area contributed by atoms with Crippen LogP contribution in [0.5, 0.6) is 0 Å². The number of hydrogen-bond donors (Lipinski definition) is 0. The van der Waals surface area contributed by atoms with E-state index in [0.717, 1.165) is 50.0 Å². The van der Waals surface area contributed by atoms with Crippen molar-refractivity contribution in [1.29, 1.82) is 0 Å². The maximum Gasteiger partial charge on any atom is 0.269 e. The number of likely N-dealkylation sites (tertiary alicyclic amines) is 1. The summed E-state index contributed by atoms with van der Waals surface area (Å²) in [5.74, 6) is 0.683. The summed E-state index contributed by atoms with van der Waals surface area (Å²) in [6.45, 7) is 8.81. The van der Waals surface area contributed by atoms with Gasteiger partial charge in [-0.3, -0.25) is 9.59 Å². The number of carbonyl (C=O) groups is 2. The summed E-state index contributed by atoms with van der Waals surface area (Å²) in [5, 5.41) is 4.24. The molecule has 1 atom stereocenters. The summed E-state index contributed by atoms with van der Waals surface area (Å²) < 4.78 is 0. The molecule has 0 bridgehead atoms. The number of hydrogen-bond acceptors (Lipinski definition) is 4. The molecule has 2 aliphatic heterocycles. The van der Waals surface area contributed by atoms with E-state index in [4.69, 9.17) is 4.84 Å². The Hall–Kier alpha value is -3.15. The van der Waals surface area contributed by atoms with E-state index in [-0.39, 0.29) is 11.8 Å². The lowest BCUT2D eigenvalue weighted by molar-refractivity contribution is -0.153. The second-order valence-corrected chi connectivity index (χ2v) is 9.92. The second kappa shape index (κ2) is 11.1. The van der Waals surface area contributed by atoms with Crippen molar-refractivity contribution in [3.63, 3.8) is 0 Å². The molecule has 0 spiro atoms. The minimum atomic E-state index is -0.973. The predicted octanol–water partition coefficient (Wildman–Crippen LogP) is 4.92. The fraction of sp³-hybridized carbons (Fsp3) is 0.483. The molecule has 1 saturated heterocycles. The first-order chi connectivity index (χ1) is 16.9. The molecular weight excluding hydrogens is 438 g/mol. The van der Waals surface area contributed by atoms with E-state index in [1.54, 1.807) is 0 Å². The average Bonchev–Trinajstić information content (AvgIpc) is 3.31. The Balaban J connectivity index is 1.32. The highest BCUT2D eigenvalue weighted by Gasteiger charge is 2.44. The van der Waals surface area contributed by atoms with Crippen LogP contribution in [0.4, 0.5) is 0 Å². The van der Waals surface area contributed by atoms with Gasteiger partial charge in [-0.2, -0.15) is 0 Å². The Bertz CT molecular complexity index is 1040. The third kappa shape index (κ3) is 5.75. The molecule has 4 rings (SSSR count). The molecule has 0 radical (unpaired) electrons. The molecule has 2 aromatic rings. The Morgan fingerprint density at radius 3 is 2.37 bits per heavy atom. The molecule has 1 fully saturated rings. The quantitative estimate of drug-likeness (QED) is 0.544. The Kier molecular flexibility index (Phi) is 7.89. The summed E-state index contributed by atoms with van der Waals surface area (Å²) in [5.41, 5.74) is 2.72. The van der Waals surface area contributed by atoms with E-state index in [1.807, 2.05) is 54.0 Å². The summed E-state index contributed by atoms with van der Waals surface area (Å²) in [6.07, 6.45) is 4.48. The zero-order valence-electron chi connectivity index (χ0n) is 21.2. The lowest BCUT2D eigenvalue weighted by Crippen LogP contribution is -2.47.